The standard InChI is InChI=1S/C74H46N2/c1-2-17-47(18-3-1)48-33-38-51(39-34-48)75(53-42-44-59-57-22-6-11-27-64(57)73(69(59)46-53)62-25-9-4-19-54(62)55-20-5-10-26-63(55)73)52-40-35-49(36-41-52)50-37-43-58-56-21-7-12-28-65(56)74(68(58)45-50)66-29-13-15-32-71(66)76-70-31-14-8-23-60(70)61-24-16-30-67(74)72(61)76/h1-46H. The number of nitrogens with zero attached hydrogens (tertiary/aromatic N) is 2. The van der Waals surface area contributed by atoms with Gasteiger partial charge in [-0.2, -0.15) is 0 Å². The smallest absolute Gasteiger partial charge is 0.0754 e. The molecule has 0 saturated heterocycles. The molecular weight excluding hydrogens is 917 g/mol. The summed E-state index contributed by atoms with van der Waals surface area (Å²) in [5.74, 6) is 0. The lowest BCUT2D eigenvalue weighted by molar-refractivity contribution is 0.749. The van der Waals surface area contributed by atoms with Gasteiger partial charge in [-0.3, -0.25) is 0 Å². The van der Waals surface area contributed by atoms with Crippen LogP contribution in [0.5, 0.6) is 0 Å². The van der Waals surface area contributed by atoms with Crippen LogP contribution >= 0.6 is 0 Å². The van der Waals surface area contributed by atoms with Crippen LogP contribution in [0.4, 0.5) is 17.1 Å². The third-order valence-corrected chi connectivity index (χ3v) is 17.6. The van der Waals surface area contributed by atoms with Gasteiger partial charge in [-0.05, 0) is 155 Å². The Morgan fingerprint density at radius 2 is 0.658 bits per heavy atom. The van der Waals surface area contributed by atoms with E-state index >= 15 is 0 Å². The Kier molecular flexibility index (Phi) is 8.44. The SMILES string of the molecule is c1ccc(-c2ccc(N(c3ccc(-c4ccc5c(c4)C4(c6ccccc6-5)c5ccccc5-n5c6ccccc6c6cccc4c65)cc3)c3ccc4c(c3)C3(c5ccccc5-c5ccccc53)c3ccccc3-4)cc2)cc1. The largest absolute Gasteiger partial charge is 0.310 e. The number of para-hydroxylation sites is 3. The van der Waals surface area contributed by atoms with E-state index in [1.54, 1.807) is 0 Å². The summed E-state index contributed by atoms with van der Waals surface area (Å²) in [6.45, 7) is 0. The summed E-state index contributed by atoms with van der Waals surface area (Å²) in [5.41, 5.74) is 29.4. The van der Waals surface area contributed by atoms with Crippen molar-refractivity contribution in [1.82, 2.24) is 4.57 Å². The van der Waals surface area contributed by atoms with Crippen molar-refractivity contribution in [2.24, 2.45) is 0 Å². The maximum atomic E-state index is 2.52. The Morgan fingerprint density at radius 1 is 0.250 bits per heavy atom. The number of hydrogen-bond donors (Lipinski definition) is 0. The third kappa shape index (κ3) is 5.30. The van der Waals surface area contributed by atoms with Crippen molar-refractivity contribution in [3.8, 4) is 61.3 Å². The fourth-order valence-corrected chi connectivity index (χ4v) is 14.6. The summed E-state index contributed by atoms with van der Waals surface area (Å²) in [7, 11) is 0. The second kappa shape index (κ2) is 15.4. The van der Waals surface area contributed by atoms with Gasteiger partial charge < -0.3 is 9.47 Å². The molecule has 76 heavy (non-hydrogen) atoms. The topological polar surface area (TPSA) is 8.17 Å². The van der Waals surface area contributed by atoms with E-state index in [4.69, 9.17) is 0 Å². The van der Waals surface area contributed by atoms with Crippen LogP contribution in [0.3, 0.4) is 0 Å². The molecule has 0 fully saturated rings. The zero-order valence-electron chi connectivity index (χ0n) is 41.5. The van der Waals surface area contributed by atoms with E-state index < -0.39 is 10.8 Å². The zero-order valence-corrected chi connectivity index (χ0v) is 41.5. The van der Waals surface area contributed by atoms with Crippen LogP contribution in [0.1, 0.15) is 44.5 Å². The maximum Gasteiger partial charge on any atom is 0.0754 e. The van der Waals surface area contributed by atoms with Crippen molar-refractivity contribution in [1.29, 1.82) is 0 Å². The van der Waals surface area contributed by atoms with E-state index in [1.165, 1.54) is 128 Å². The summed E-state index contributed by atoms with van der Waals surface area (Å²) < 4.78 is 2.52. The highest BCUT2D eigenvalue weighted by molar-refractivity contribution is 6.13. The highest BCUT2D eigenvalue weighted by Crippen LogP contribution is 2.64. The fourth-order valence-electron chi connectivity index (χ4n) is 14.6. The molecule has 1 unspecified atom stereocenters. The average Bonchev–Trinajstić information content (AvgIpc) is 4.37. The minimum absolute atomic E-state index is 0.451. The Hall–Kier alpha value is -9.76. The number of rotatable bonds is 5. The van der Waals surface area contributed by atoms with Crippen LogP contribution in [0.15, 0.2) is 279 Å². The molecule has 2 nitrogen and oxygen atoms in total. The molecule has 17 rings (SSSR count). The minimum atomic E-state index is -0.518. The zero-order chi connectivity index (χ0) is 49.7. The van der Waals surface area contributed by atoms with Gasteiger partial charge in [-0.25, -0.2) is 0 Å². The molecule has 13 aromatic rings. The Labute approximate surface area is 441 Å². The first-order chi connectivity index (χ1) is 37.7. The first-order valence-corrected chi connectivity index (χ1v) is 26.6. The van der Waals surface area contributed by atoms with E-state index in [0.717, 1.165) is 17.1 Å². The summed E-state index contributed by atoms with van der Waals surface area (Å²) >= 11 is 0. The number of aromatic nitrogens is 1. The molecule has 12 aromatic carbocycles. The van der Waals surface area contributed by atoms with Crippen LogP contribution in [-0.2, 0) is 10.8 Å². The van der Waals surface area contributed by atoms with E-state index in [2.05, 4.69) is 289 Å². The van der Waals surface area contributed by atoms with Gasteiger partial charge in [0, 0.05) is 27.8 Å². The molecule has 4 aliphatic rings. The summed E-state index contributed by atoms with van der Waals surface area (Å²) in [6, 6.07) is 105. The second-order valence-corrected chi connectivity index (χ2v) is 21.0. The highest BCUT2D eigenvalue weighted by Gasteiger charge is 2.53. The van der Waals surface area contributed by atoms with Crippen LogP contribution in [-0.4, -0.2) is 4.57 Å². The minimum Gasteiger partial charge on any atom is -0.310 e. The van der Waals surface area contributed by atoms with E-state index in [9.17, 15) is 0 Å². The van der Waals surface area contributed by atoms with Gasteiger partial charge in [0.1, 0.15) is 0 Å². The van der Waals surface area contributed by atoms with E-state index in [-0.39, 0.29) is 0 Å². The first-order valence-electron chi connectivity index (χ1n) is 26.6. The molecule has 3 aliphatic carbocycles. The van der Waals surface area contributed by atoms with Crippen molar-refractivity contribution >= 4 is 38.9 Å². The lowest BCUT2D eigenvalue weighted by Gasteiger charge is -2.39. The second-order valence-electron chi connectivity index (χ2n) is 21.0. The highest BCUT2D eigenvalue weighted by atomic mass is 15.1. The molecule has 2 spiro atoms. The Balaban J connectivity index is 0.841. The van der Waals surface area contributed by atoms with Crippen molar-refractivity contribution in [2.75, 3.05) is 4.90 Å². The van der Waals surface area contributed by atoms with Crippen molar-refractivity contribution in [3.05, 3.63) is 324 Å². The van der Waals surface area contributed by atoms with Gasteiger partial charge in [0.05, 0.1) is 27.6 Å². The van der Waals surface area contributed by atoms with Gasteiger partial charge >= 0.3 is 0 Å². The summed E-state index contributed by atoms with van der Waals surface area (Å²) in [6.07, 6.45) is 0. The van der Waals surface area contributed by atoms with Crippen molar-refractivity contribution in [2.45, 2.75) is 10.8 Å². The molecule has 0 N–H and O–H groups in total. The van der Waals surface area contributed by atoms with Crippen molar-refractivity contribution in [3.63, 3.8) is 0 Å². The summed E-state index contributed by atoms with van der Waals surface area (Å²) in [4.78, 5) is 2.45. The molecule has 1 aromatic heterocycles. The van der Waals surface area contributed by atoms with Crippen LogP contribution in [0, 0.1) is 0 Å². The predicted octanol–water partition coefficient (Wildman–Crippen LogP) is 18.6. The molecule has 0 amide bonds. The monoisotopic (exact) mass is 962 g/mol. The lowest BCUT2D eigenvalue weighted by Crippen LogP contribution is -2.33. The quantitative estimate of drug-likeness (QED) is 0.167. The fraction of sp³-hybridized carbons (Fsp3) is 0.0270. The van der Waals surface area contributed by atoms with Crippen LogP contribution < -0.4 is 4.90 Å². The van der Waals surface area contributed by atoms with Gasteiger partial charge in [0.2, 0.25) is 0 Å². The Morgan fingerprint density at radius 3 is 1.28 bits per heavy atom. The molecule has 1 atom stereocenters. The molecule has 0 saturated carbocycles. The van der Waals surface area contributed by atoms with Gasteiger partial charge in [-0.1, -0.05) is 224 Å². The van der Waals surface area contributed by atoms with Gasteiger partial charge in [0.25, 0.3) is 0 Å². The molecule has 0 radical (unpaired) electrons. The van der Waals surface area contributed by atoms with Gasteiger partial charge in [0.15, 0.2) is 0 Å². The lowest BCUT2D eigenvalue weighted by atomic mass is 9.65. The van der Waals surface area contributed by atoms with Crippen LogP contribution in [0.25, 0.3) is 83.1 Å². The van der Waals surface area contributed by atoms with E-state index in [1.807, 2.05) is 0 Å². The molecule has 352 valence electrons. The number of anilines is 3. The predicted molar refractivity (Wildman–Crippen MR) is 313 cm³/mol. The normalized spacial score (nSPS) is 15.3. The molecular formula is C74H46N2. The first kappa shape index (κ1) is 41.7. The number of benzene rings is 12. The molecule has 0 bridgehead atoms. The summed E-state index contributed by atoms with van der Waals surface area (Å²) in [5, 5.41) is 2.58. The number of fused-ring (bicyclic) bond motifs is 22. The van der Waals surface area contributed by atoms with Gasteiger partial charge in [-0.15, -0.1) is 0 Å². The molecule has 1 aliphatic heterocycles. The molecule has 2 heteroatoms. The number of hydrogen-bond acceptors (Lipinski definition) is 1. The maximum absolute atomic E-state index is 2.52. The Bertz CT molecular complexity index is 4510. The van der Waals surface area contributed by atoms with E-state index in [0.29, 0.717) is 0 Å². The van der Waals surface area contributed by atoms with Crippen LogP contribution in [0.2, 0.25) is 0 Å². The van der Waals surface area contributed by atoms with Crippen molar-refractivity contribution < 1.29 is 0 Å². The average molecular weight is 963 g/mol. The third-order valence-electron chi connectivity index (χ3n) is 17.6. The molecule has 2 heterocycles.